The van der Waals surface area contributed by atoms with E-state index in [9.17, 15) is 4.79 Å². The lowest BCUT2D eigenvalue weighted by Gasteiger charge is -2.07. The molecule has 0 aliphatic rings. The molecule has 0 unspecified atom stereocenters. The van der Waals surface area contributed by atoms with Crippen molar-refractivity contribution in [2.24, 2.45) is 0 Å². The molecule has 2 N–H and O–H groups in total. The van der Waals surface area contributed by atoms with Crippen LogP contribution in [0.2, 0.25) is 0 Å². The van der Waals surface area contributed by atoms with Gasteiger partial charge in [0.25, 0.3) is 0 Å². The van der Waals surface area contributed by atoms with Gasteiger partial charge in [-0.05, 0) is 50.1 Å². The Bertz CT molecular complexity index is 853. The lowest BCUT2D eigenvalue weighted by molar-refractivity contribution is -0.121. The average molecular weight is 336 g/mol. The molecule has 0 aliphatic carbocycles. The first-order chi connectivity index (χ1) is 12.1. The second-order valence-corrected chi connectivity index (χ2v) is 6.29. The number of fused-ring (bicyclic) bond motifs is 1. The first kappa shape index (κ1) is 17.1. The van der Waals surface area contributed by atoms with Gasteiger partial charge >= 0.3 is 0 Å². The van der Waals surface area contributed by atoms with Gasteiger partial charge in [-0.3, -0.25) is 4.79 Å². The third-order valence-corrected chi connectivity index (χ3v) is 4.31. The van der Waals surface area contributed by atoms with Crippen LogP contribution in [0.4, 0.5) is 0 Å². The van der Waals surface area contributed by atoms with E-state index in [4.69, 9.17) is 4.74 Å². The third-order valence-electron chi connectivity index (χ3n) is 4.31. The zero-order chi connectivity index (χ0) is 17.6. The van der Waals surface area contributed by atoms with Crippen LogP contribution in [0.3, 0.4) is 0 Å². The molecule has 4 heteroatoms. The molecule has 0 saturated carbocycles. The highest BCUT2D eigenvalue weighted by atomic mass is 16.5. The number of hydrogen-bond donors (Lipinski definition) is 2. The van der Waals surface area contributed by atoms with Crippen LogP contribution >= 0.6 is 0 Å². The van der Waals surface area contributed by atoms with E-state index in [0.717, 1.165) is 17.7 Å². The molecule has 1 heterocycles. The minimum atomic E-state index is 0.0182. The summed E-state index contributed by atoms with van der Waals surface area (Å²) < 4.78 is 5.55. The fraction of sp³-hybridized carbons (Fsp3) is 0.286. The number of benzene rings is 2. The summed E-state index contributed by atoms with van der Waals surface area (Å²) in [6, 6.07) is 16.0. The lowest BCUT2D eigenvalue weighted by atomic mass is 10.1. The maximum absolute atomic E-state index is 12.0. The normalized spacial score (nSPS) is 10.8. The van der Waals surface area contributed by atoms with Crippen LogP contribution in [-0.4, -0.2) is 24.0 Å². The summed E-state index contributed by atoms with van der Waals surface area (Å²) in [6.07, 6.45) is 1.18. The van der Waals surface area contributed by atoms with Crippen LogP contribution < -0.4 is 10.1 Å². The molecule has 0 fully saturated rings. The highest BCUT2D eigenvalue weighted by Crippen LogP contribution is 2.23. The van der Waals surface area contributed by atoms with E-state index in [0.29, 0.717) is 19.6 Å². The number of nitrogens with one attached hydrogen (secondary N) is 2. The van der Waals surface area contributed by atoms with Gasteiger partial charge in [-0.1, -0.05) is 29.8 Å². The van der Waals surface area contributed by atoms with Gasteiger partial charge in [-0.15, -0.1) is 0 Å². The molecular weight excluding hydrogens is 312 g/mol. The number of carbonyl (C=O) groups excluding carboxylic acids is 1. The Balaban J connectivity index is 1.47. The van der Waals surface area contributed by atoms with E-state index in [1.807, 2.05) is 30.3 Å². The van der Waals surface area contributed by atoms with E-state index < -0.39 is 0 Å². The molecule has 3 rings (SSSR count). The zero-order valence-corrected chi connectivity index (χ0v) is 14.8. The number of aromatic amines is 1. The summed E-state index contributed by atoms with van der Waals surface area (Å²) in [6.45, 7) is 5.20. The van der Waals surface area contributed by atoms with Crippen molar-refractivity contribution in [3.05, 3.63) is 65.4 Å². The summed E-state index contributed by atoms with van der Waals surface area (Å²) in [5.74, 6) is 0.810. The Labute approximate surface area is 148 Å². The predicted octanol–water partition coefficient (Wildman–Crippen LogP) is 3.91. The summed E-state index contributed by atoms with van der Waals surface area (Å²) in [5.41, 5.74) is 4.84. The van der Waals surface area contributed by atoms with Crippen molar-refractivity contribution < 1.29 is 9.53 Å². The van der Waals surface area contributed by atoms with Gasteiger partial charge in [0, 0.05) is 23.1 Å². The Morgan fingerprint density at radius 2 is 1.92 bits per heavy atom. The molecule has 0 radical (unpaired) electrons. The van der Waals surface area contributed by atoms with E-state index in [2.05, 4.69) is 42.3 Å². The lowest BCUT2D eigenvalue weighted by Crippen LogP contribution is -2.27. The largest absolute Gasteiger partial charge is 0.493 e. The van der Waals surface area contributed by atoms with Crippen LogP contribution in [0, 0.1) is 13.8 Å². The van der Waals surface area contributed by atoms with Crippen molar-refractivity contribution in [1.29, 1.82) is 0 Å². The molecule has 0 aliphatic heterocycles. The van der Waals surface area contributed by atoms with Gasteiger partial charge < -0.3 is 15.0 Å². The van der Waals surface area contributed by atoms with Crippen molar-refractivity contribution in [3.63, 3.8) is 0 Å². The first-order valence-corrected chi connectivity index (χ1v) is 8.66. The number of hydrogen-bond acceptors (Lipinski definition) is 2. The number of aryl methyl sites for hydroxylation is 2. The number of H-pyrrole nitrogens is 1. The van der Waals surface area contributed by atoms with Gasteiger partial charge in [-0.25, -0.2) is 0 Å². The Kier molecular flexibility index (Phi) is 5.39. The van der Waals surface area contributed by atoms with Gasteiger partial charge in [0.2, 0.25) is 5.91 Å². The minimum Gasteiger partial charge on any atom is -0.493 e. The Morgan fingerprint density at radius 1 is 1.12 bits per heavy atom. The fourth-order valence-corrected chi connectivity index (χ4v) is 3.01. The van der Waals surface area contributed by atoms with E-state index in [-0.39, 0.29) is 5.91 Å². The van der Waals surface area contributed by atoms with Crippen molar-refractivity contribution >= 4 is 16.8 Å². The topological polar surface area (TPSA) is 54.1 Å². The van der Waals surface area contributed by atoms with Gasteiger partial charge in [0.1, 0.15) is 5.75 Å². The van der Waals surface area contributed by atoms with Gasteiger partial charge in [0.05, 0.1) is 13.0 Å². The molecule has 4 nitrogen and oxygen atoms in total. The maximum Gasteiger partial charge on any atom is 0.223 e. The van der Waals surface area contributed by atoms with Gasteiger partial charge in [0.15, 0.2) is 0 Å². The molecule has 0 spiro atoms. The predicted molar refractivity (Wildman–Crippen MR) is 101 cm³/mol. The minimum absolute atomic E-state index is 0.0182. The summed E-state index contributed by atoms with van der Waals surface area (Å²) >= 11 is 0. The smallest absolute Gasteiger partial charge is 0.223 e. The molecule has 2 aromatic carbocycles. The summed E-state index contributed by atoms with van der Waals surface area (Å²) in [4.78, 5) is 15.4. The van der Waals surface area contributed by atoms with Crippen LogP contribution in [0.1, 0.15) is 23.2 Å². The van der Waals surface area contributed by atoms with Gasteiger partial charge in [-0.2, -0.15) is 0 Å². The molecule has 3 aromatic rings. The quantitative estimate of drug-likeness (QED) is 0.687. The number of ether oxygens (including phenoxy) is 1. The maximum atomic E-state index is 12.0. The second kappa shape index (κ2) is 7.88. The molecule has 25 heavy (non-hydrogen) atoms. The summed E-state index contributed by atoms with van der Waals surface area (Å²) in [5, 5.41) is 4.23. The number of amides is 1. The van der Waals surface area contributed by atoms with E-state index in [1.165, 1.54) is 22.2 Å². The number of carbonyl (C=O) groups is 1. The highest BCUT2D eigenvalue weighted by Gasteiger charge is 2.09. The van der Waals surface area contributed by atoms with Crippen molar-refractivity contribution in [2.75, 3.05) is 13.2 Å². The first-order valence-electron chi connectivity index (χ1n) is 8.66. The molecule has 1 amide bonds. The fourth-order valence-electron chi connectivity index (χ4n) is 3.01. The molecule has 130 valence electrons. The number of rotatable bonds is 7. The molecule has 0 saturated heterocycles. The summed E-state index contributed by atoms with van der Waals surface area (Å²) in [7, 11) is 0. The van der Waals surface area contributed by atoms with E-state index >= 15 is 0 Å². The van der Waals surface area contributed by atoms with Crippen LogP contribution in [-0.2, 0) is 11.2 Å². The van der Waals surface area contributed by atoms with Crippen molar-refractivity contribution in [3.8, 4) is 5.75 Å². The van der Waals surface area contributed by atoms with Crippen molar-refractivity contribution in [2.45, 2.75) is 26.7 Å². The highest BCUT2D eigenvalue weighted by molar-refractivity contribution is 5.85. The SMILES string of the molecule is Cc1ccc2[nH]c(C)c(CCNC(=O)CCOc3ccccc3)c2c1. The Morgan fingerprint density at radius 3 is 2.72 bits per heavy atom. The molecule has 0 atom stereocenters. The monoisotopic (exact) mass is 336 g/mol. The third kappa shape index (κ3) is 4.41. The van der Waals surface area contributed by atoms with Crippen LogP contribution in [0.5, 0.6) is 5.75 Å². The molecule has 1 aromatic heterocycles. The average Bonchev–Trinajstić information content (AvgIpc) is 2.91. The van der Waals surface area contributed by atoms with Crippen LogP contribution in [0.25, 0.3) is 10.9 Å². The van der Waals surface area contributed by atoms with E-state index in [1.54, 1.807) is 0 Å². The van der Waals surface area contributed by atoms with Crippen LogP contribution in [0.15, 0.2) is 48.5 Å². The number of para-hydroxylation sites is 1. The molecule has 0 bridgehead atoms. The zero-order valence-electron chi connectivity index (χ0n) is 14.8. The molecular formula is C21H24N2O2. The standard InChI is InChI=1S/C21H24N2O2/c1-15-8-9-20-19(14-15)18(16(2)23-20)10-12-22-21(24)11-13-25-17-6-4-3-5-7-17/h3-9,14,23H,10-13H2,1-2H3,(H,22,24). The Hall–Kier alpha value is -2.75. The van der Waals surface area contributed by atoms with Crippen molar-refractivity contribution in [1.82, 2.24) is 10.3 Å². The number of aromatic nitrogens is 1. The second-order valence-electron chi connectivity index (χ2n) is 6.29.